The van der Waals surface area contributed by atoms with Crippen molar-refractivity contribution >= 4 is 0 Å². The molecule has 20 heavy (non-hydrogen) atoms. The molecule has 2 aromatic heterocycles. The van der Waals surface area contributed by atoms with Crippen LogP contribution in [0.3, 0.4) is 0 Å². The van der Waals surface area contributed by atoms with Gasteiger partial charge in [-0.05, 0) is 18.7 Å². The first-order valence-electron chi connectivity index (χ1n) is 6.45. The van der Waals surface area contributed by atoms with E-state index in [0.717, 1.165) is 23.6 Å². The molecule has 0 spiro atoms. The van der Waals surface area contributed by atoms with Gasteiger partial charge in [0, 0.05) is 0 Å². The first-order chi connectivity index (χ1) is 9.90. The van der Waals surface area contributed by atoms with Crippen molar-refractivity contribution in [1.82, 2.24) is 35.7 Å². The number of hydrogen-bond donors (Lipinski definition) is 2. The Balaban J connectivity index is 2.03. The Morgan fingerprint density at radius 1 is 1.25 bits per heavy atom. The van der Waals surface area contributed by atoms with Crippen LogP contribution in [-0.4, -0.2) is 36.9 Å². The van der Waals surface area contributed by atoms with E-state index < -0.39 is 0 Å². The fourth-order valence-electron chi connectivity index (χ4n) is 2.12. The number of aromatic nitrogens is 6. The molecule has 0 saturated carbocycles. The summed E-state index contributed by atoms with van der Waals surface area (Å²) in [5, 5.41) is 22.2. The van der Waals surface area contributed by atoms with E-state index in [2.05, 4.69) is 31.0 Å². The lowest BCUT2D eigenvalue weighted by atomic mass is 10.1. The van der Waals surface area contributed by atoms with Gasteiger partial charge in [-0.1, -0.05) is 30.3 Å². The molecule has 3 aromatic rings. The number of H-pyrrole nitrogens is 1. The molecule has 0 bridgehead atoms. The molecule has 1 unspecified atom stereocenters. The Kier molecular flexibility index (Phi) is 3.51. The zero-order valence-electron chi connectivity index (χ0n) is 11.1. The highest BCUT2D eigenvalue weighted by Crippen LogP contribution is 2.21. The van der Waals surface area contributed by atoms with Crippen LogP contribution in [0.5, 0.6) is 0 Å². The van der Waals surface area contributed by atoms with Crippen molar-refractivity contribution in [3.63, 3.8) is 0 Å². The second-order valence-corrected chi connectivity index (χ2v) is 4.29. The van der Waals surface area contributed by atoms with Crippen molar-refractivity contribution in [2.75, 3.05) is 6.54 Å². The second-order valence-electron chi connectivity index (χ2n) is 4.29. The highest BCUT2D eigenvalue weighted by Gasteiger charge is 2.21. The van der Waals surface area contributed by atoms with Crippen molar-refractivity contribution < 1.29 is 0 Å². The van der Waals surface area contributed by atoms with Crippen LogP contribution in [0.1, 0.15) is 24.4 Å². The van der Waals surface area contributed by atoms with Crippen molar-refractivity contribution in [1.29, 1.82) is 0 Å². The molecule has 1 atom stereocenters. The number of rotatable bonds is 5. The monoisotopic (exact) mass is 269 g/mol. The average Bonchev–Trinajstić information content (AvgIpc) is 3.17. The van der Waals surface area contributed by atoms with Crippen LogP contribution < -0.4 is 5.32 Å². The molecule has 2 N–H and O–H groups in total. The Hall–Kier alpha value is -2.54. The van der Waals surface area contributed by atoms with E-state index >= 15 is 0 Å². The van der Waals surface area contributed by atoms with E-state index in [1.54, 1.807) is 12.4 Å². The SMILES string of the molecule is CCNC(c1cn[nH]n1)c1cnnn1-c1ccccc1. The lowest BCUT2D eigenvalue weighted by Gasteiger charge is -2.16. The van der Waals surface area contributed by atoms with Crippen LogP contribution >= 0.6 is 0 Å². The molecule has 3 rings (SSSR count). The number of nitrogens with zero attached hydrogens (tertiary/aromatic N) is 5. The summed E-state index contributed by atoms with van der Waals surface area (Å²) in [4.78, 5) is 0. The maximum Gasteiger partial charge on any atom is 0.106 e. The molecular weight excluding hydrogens is 254 g/mol. The van der Waals surface area contributed by atoms with Crippen LogP contribution in [0, 0.1) is 0 Å². The zero-order valence-corrected chi connectivity index (χ0v) is 11.1. The van der Waals surface area contributed by atoms with E-state index in [4.69, 9.17) is 0 Å². The molecule has 102 valence electrons. The Bertz CT molecular complexity index is 644. The summed E-state index contributed by atoms with van der Waals surface area (Å²) in [6.07, 6.45) is 3.45. The summed E-state index contributed by atoms with van der Waals surface area (Å²) in [7, 11) is 0. The first kappa shape index (κ1) is 12.5. The van der Waals surface area contributed by atoms with E-state index in [1.165, 1.54) is 0 Å². The lowest BCUT2D eigenvalue weighted by Crippen LogP contribution is -2.25. The number of hydrogen-bond acceptors (Lipinski definition) is 5. The van der Waals surface area contributed by atoms with E-state index in [-0.39, 0.29) is 6.04 Å². The lowest BCUT2D eigenvalue weighted by molar-refractivity contribution is 0.578. The third-order valence-corrected chi connectivity index (χ3v) is 3.01. The van der Waals surface area contributed by atoms with Gasteiger partial charge in [0.15, 0.2) is 0 Å². The molecule has 2 heterocycles. The molecule has 0 fully saturated rings. The molecule has 0 aliphatic heterocycles. The number of benzene rings is 1. The Morgan fingerprint density at radius 2 is 2.10 bits per heavy atom. The van der Waals surface area contributed by atoms with Gasteiger partial charge in [-0.25, -0.2) is 4.68 Å². The number of para-hydroxylation sites is 1. The van der Waals surface area contributed by atoms with Gasteiger partial charge in [-0.15, -0.1) is 5.10 Å². The minimum Gasteiger partial charge on any atom is -0.304 e. The van der Waals surface area contributed by atoms with Crippen LogP contribution in [0.25, 0.3) is 5.69 Å². The normalized spacial score (nSPS) is 12.4. The van der Waals surface area contributed by atoms with E-state index in [1.807, 2.05) is 41.9 Å². The third-order valence-electron chi connectivity index (χ3n) is 3.01. The number of aromatic amines is 1. The quantitative estimate of drug-likeness (QED) is 0.724. The Morgan fingerprint density at radius 3 is 2.80 bits per heavy atom. The zero-order chi connectivity index (χ0) is 13.8. The standard InChI is InChI=1S/C13H15N7/c1-2-14-13(11-8-15-18-17-11)12-9-16-19-20(12)10-6-4-3-5-7-10/h3-9,13-14H,2H2,1H3,(H,15,17,18). The van der Waals surface area contributed by atoms with Crippen LogP contribution in [0.15, 0.2) is 42.7 Å². The van der Waals surface area contributed by atoms with Crippen molar-refractivity contribution in [3.05, 3.63) is 54.1 Å². The maximum absolute atomic E-state index is 4.17. The fraction of sp³-hybridized carbons (Fsp3) is 0.231. The van der Waals surface area contributed by atoms with Gasteiger partial charge in [0.05, 0.1) is 29.8 Å². The topological polar surface area (TPSA) is 84.3 Å². The minimum absolute atomic E-state index is 0.103. The largest absolute Gasteiger partial charge is 0.304 e. The molecule has 7 heteroatoms. The van der Waals surface area contributed by atoms with Gasteiger partial charge >= 0.3 is 0 Å². The molecule has 0 aliphatic carbocycles. The maximum atomic E-state index is 4.17. The van der Waals surface area contributed by atoms with E-state index in [0.29, 0.717) is 0 Å². The molecule has 7 nitrogen and oxygen atoms in total. The van der Waals surface area contributed by atoms with Crippen molar-refractivity contribution in [2.24, 2.45) is 0 Å². The molecule has 0 amide bonds. The van der Waals surface area contributed by atoms with Crippen LogP contribution in [0.4, 0.5) is 0 Å². The van der Waals surface area contributed by atoms with Gasteiger partial charge in [-0.3, -0.25) is 0 Å². The highest BCUT2D eigenvalue weighted by atomic mass is 15.4. The van der Waals surface area contributed by atoms with Gasteiger partial charge in [0.25, 0.3) is 0 Å². The molecule has 0 saturated heterocycles. The van der Waals surface area contributed by atoms with Gasteiger partial charge in [-0.2, -0.15) is 15.4 Å². The summed E-state index contributed by atoms with van der Waals surface area (Å²) < 4.78 is 1.81. The Labute approximate surface area is 116 Å². The molecular formula is C13H15N7. The fourth-order valence-corrected chi connectivity index (χ4v) is 2.12. The summed E-state index contributed by atoms with van der Waals surface area (Å²) in [6.45, 7) is 2.85. The van der Waals surface area contributed by atoms with Crippen LogP contribution in [-0.2, 0) is 0 Å². The summed E-state index contributed by atoms with van der Waals surface area (Å²) in [5.74, 6) is 0. The third kappa shape index (κ3) is 2.30. The predicted molar refractivity (Wildman–Crippen MR) is 73.3 cm³/mol. The van der Waals surface area contributed by atoms with Crippen molar-refractivity contribution in [2.45, 2.75) is 13.0 Å². The van der Waals surface area contributed by atoms with Crippen LogP contribution in [0.2, 0.25) is 0 Å². The predicted octanol–water partition coefficient (Wildman–Crippen LogP) is 1.08. The highest BCUT2D eigenvalue weighted by molar-refractivity contribution is 5.33. The second kappa shape index (κ2) is 5.62. The van der Waals surface area contributed by atoms with Crippen molar-refractivity contribution in [3.8, 4) is 5.69 Å². The number of nitrogens with one attached hydrogen (secondary N) is 2. The van der Waals surface area contributed by atoms with Gasteiger partial charge < -0.3 is 5.32 Å². The average molecular weight is 269 g/mol. The smallest absolute Gasteiger partial charge is 0.106 e. The molecule has 0 radical (unpaired) electrons. The first-order valence-corrected chi connectivity index (χ1v) is 6.45. The van der Waals surface area contributed by atoms with E-state index in [9.17, 15) is 0 Å². The minimum atomic E-state index is -0.103. The molecule has 0 aliphatic rings. The molecule has 1 aromatic carbocycles. The van der Waals surface area contributed by atoms with Gasteiger partial charge in [0.2, 0.25) is 0 Å². The van der Waals surface area contributed by atoms with Gasteiger partial charge in [0.1, 0.15) is 5.69 Å². The summed E-state index contributed by atoms with van der Waals surface area (Å²) >= 11 is 0. The summed E-state index contributed by atoms with van der Waals surface area (Å²) in [5.41, 5.74) is 2.70. The summed E-state index contributed by atoms with van der Waals surface area (Å²) in [6, 6.07) is 9.79.